The average Bonchev–Trinajstić information content (AvgIpc) is 2.53. The van der Waals surface area contributed by atoms with Crippen molar-refractivity contribution in [2.24, 2.45) is 0 Å². The van der Waals surface area contributed by atoms with E-state index in [1.807, 2.05) is 30.3 Å². The molecule has 1 heterocycles. The molecule has 1 aliphatic heterocycles. The normalized spacial score (nSPS) is 17.0. The lowest BCUT2D eigenvalue weighted by Crippen LogP contribution is -2.49. The number of terminal acetylenes is 1. The Morgan fingerprint density at radius 2 is 1.86 bits per heavy atom. The van der Waals surface area contributed by atoms with E-state index in [0.29, 0.717) is 38.8 Å². The Morgan fingerprint density at radius 1 is 1.24 bits per heavy atom. The number of carboxylic acids is 1. The van der Waals surface area contributed by atoms with E-state index in [1.54, 1.807) is 4.90 Å². The second-order valence-corrected chi connectivity index (χ2v) is 5.34. The molecule has 1 saturated heterocycles. The number of hydrogen-bond acceptors (Lipinski definition) is 2. The van der Waals surface area contributed by atoms with Gasteiger partial charge in [-0.15, -0.1) is 12.3 Å². The van der Waals surface area contributed by atoms with Gasteiger partial charge in [0.15, 0.2) is 0 Å². The van der Waals surface area contributed by atoms with Gasteiger partial charge in [0.1, 0.15) is 0 Å². The summed E-state index contributed by atoms with van der Waals surface area (Å²) >= 11 is 0. The van der Waals surface area contributed by atoms with Crippen molar-refractivity contribution in [3.05, 3.63) is 35.9 Å². The van der Waals surface area contributed by atoms with Gasteiger partial charge >= 0.3 is 5.97 Å². The molecule has 4 heteroatoms. The van der Waals surface area contributed by atoms with E-state index >= 15 is 0 Å². The van der Waals surface area contributed by atoms with Crippen LogP contribution >= 0.6 is 0 Å². The Hall–Kier alpha value is -2.28. The van der Waals surface area contributed by atoms with Crippen LogP contribution in [0.4, 0.5) is 0 Å². The monoisotopic (exact) mass is 285 g/mol. The Bertz CT molecular complexity index is 551. The molecule has 0 atom stereocenters. The minimum atomic E-state index is -0.885. The van der Waals surface area contributed by atoms with Crippen LogP contribution in [0.3, 0.4) is 0 Å². The molecule has 1 amide bonds. The number of aliphatic carboxylic acids is 1. The molecule has 1 aromatic carbocycles. The molecule has 21 heavy (non-hydrogen) atoms. The third-order valence-electron chi connectivity index (χ3n) is 4.19. The highest BCUT2D eigenvalue weighted by Crippen LogP contribution is 2.36. The zero-order valence-corrected chi connectivity index (χ0v) is 11.9. The highest BCUT2D eigenvalue weighted by atomic mass is 16.4. The summed E-state index contributed by atoms with van der Waals surface area (Å²) in [4.78, 5) is 25.5. The minimum Gasteiger partial charge on any atom is -0.481 e. The summed E-state index contributed by atoms with van der Waals surface area (Å²) in [5, 5.41) is 9.68. The van der Waals surface area contributed by atoms with Gasteiger partial charge in [-0.3, -0.25) is 9.59 Å². The number of hydrogen-bond donors (Lipinski definition) is 1. The number of amides is 1. The molecule has 0 radical (unpaired) electrons. The van der Waals surface area contributed by atoms with E-state index < -0.39 is 11.4 Å². The summed E-state index contributed by atoms with van der Waals surface area (Å²) < 4.78 is 0. The van der Waals surface area contributed by atoms with Crippen molar-refractivity contribution < 1.29 is 14.7 Å². The van der Waals surface area contributed by atoms with Crippen molar-refractivity contribution in [1.29, 1.82) is 0 Å². The lowest BCUT2D eigenvalue weighted by atomic mass is 9.73. The molecule has 110 valence electrons. The predicted molar refractivity (Wildman–Crippen MR) is 79.6 cm³/mol. The zero-order chi connectivity index (χ0) is 15.3. The van der Waals surface area contributed by atoms with Crippen LogP contribution in [0.1, 0.15) is 31.2 Å². The van der Waals surface area contributed by atoms with Crippen molar-refractivity contribution in [2.45, 2.75) is 31.1 Å². The fraction of sp³-hybridized carbons (Fsp3) is 0.412. The van der Waals surface area contributed by atoms with Crippen LogP contribution in [0.15, 0.2) is 30.3 Å². The van der Waals surface area contributed by atoms with Crippen LogP contribution in [0.5, 0.6) is 0 Å². The van der Waals surface area contributed by atoms with Crippen LogP contribution in [0.25, 0.3) is 0 Å². The van der Waals surface area contributed by atoms with Crippen LogP contribution in [0.2, 0.25) is 0 Å². The number of rotatable bonds is 4. The van der Waals surface area contributed by atoms with Gasteiger partial charge in [0.05, 0.1) is 5.41 Å². The lowest BCUT2D eigenvalue weighted by Gasteiger charge is -2.39. The van der Waals surface area contributed by atoms with Crippen molar-refractivity contribution >= 4 is 11.9 Å². The van der Waals surface area contributed by atoms with E-state index in [1.165, 1.54) is 0 Å². The standard InChI is InChI=1S/C17H19NO3/c1-2-3-9-15(19)18-12-10-17(11-13-18,16(20)21)14-7-5-4-6-8-14/h1,4-8H,3,9-13H2,(H,20,21). The quantitative estimate of drug-likeness (QED) is 0.861. The van der Waals surface area contributed by atoms with Gasteiger partial charge in [0.2, 0.25) is 5.91 Å². The molecular weight excluding hydrogens is 266 g/mol. The second kappa shape index (κ2) is 6.45. The third-order valence-corrected chi connectivity index (χ3v) is 4.19. The van der Waals surface area contributed by atoms with Crippen LogP contribution < -0.4 is 0 Å². The van der Waals surface area contributed by atoms with Crippen molar-refractivity contribution in [2.75, 3.05) is 13.1 Å². The fourth-order valence-electron chi connectivity index (χ4n) is 2.86. The summed E-state index contributed by atoms with van der Waals surface area (Å²) in [5.74, 6) is 1.65. The van der Waals surface area contributed by atoms with Gasteiger partial charge in [-0.1, -0.05) is 30.3 Å². The van der Waals surface area contributed by atoms with E-state index in [9.17, 15) is 14.7 Å². The number of carbonyl (C=O) groups excluding carboxylic acids is 1. The highest BCUT2D eigenvalue weighted by molar-refractivity contribution is 5.82. The summed E-state index contributed by atoms with van der Waals surface area (Å²) in [7, 11) is 0. The Labute approximate surface area is 124 Å². The highest BCUT2D eigenvalue weighted by Gasteiger charge is 2.43. The molecule has 0 saturated carbocycles. The maximum Gasteiger partial charge on any atom is 0.314 e. The van der Waals surface area contributed by atoms with Gasteiger partial charge in [0, 0.05) is 25.9 Å². The van der Waals surface area contributed by atoms with Crippen molar-refractivity contribution in [3.8, 4) is 12.3 Å². The molecule has 2 rings (SSSR count). The largest absolute Gasteiger partial charge is 0.481 e. The molecule has 1 N–H and O–H groups in total. The molecule has 0 unspecified atom stereocenters. The lowest BCUT2D eigenvalue weighted by molar-refractivity contribution is -0.148. The average molecular weight is 285 g/mol. The first-order valence-electron chi connectivity index (χ1n) is 7.10. The number of nitrogens with zero attached hydrogens (tertiary/aromatic N) is 1. The van der Waals surface area contributed by atoms with Crippen molar-refractivity contribution in [1.82, 2.24) is 4.90 Å². The zero-order valence-electron chi connectivity index (χ0n) is 11.9. The summed E-state index contributed by atoms with van der Waals surface area (Å²) in [6, 6.07) is 9.28. The first kappa shape index (κ1) is 15.1. The van der Waals surface area contributed by atoms with Crippen LogP contribution in [-0.2, 0) is 15.0 Å². The molecular formula is C17H19NO3. The van der Waals surface area contributed by atoms with Gasteiger partial charge in [-0.2, -0.15) is 0 Å². The first-order chi connectivity index (χ1) is 10.1. The maximum absolute atomic E-state index is 12.0. The summed E-state index contributed by atoms with van der Waals surface area (Å²) in [5.41, 5.74) is -0.0716. The number of benzene rings is 1. The topological polar surface area (TPSA) is 57.6 Å². The van der Waals surface area contributed by atoms with E-state index in [-0.39, 0.29) is 5.91 Å². The molecule has 1 aliphatic rings. The smallest absolute Gasteiger partial charge is 0.314 e. The molecule has 1 aromatic rings. The predicted octanol–water partition coefficient (Wildman–Crippen LogP) is 2.04. The third kappa shape index (κ3) is 3.08. The maximum atomic E-state index is 12.0. The van der Waals surface area contributed by atoms with Crippen LogP contribution in [-0.4, -0.2) is 35.0 Å². The molecule has 4 nitrogen and oxygen atoms in total. The van der Waals surface area contributed by atoms with Gasteiger partial charge in [-0.25, -0.2) is 0 Å². The Kier molecular flexibility index (Phi) is 4.64. The Balaban J connectivity index is 2.11. The first-order valence-corrected chi connectivity index (χ1v) is 7.10. The van der Waals surface area contributed by atoms with E-state index in [0.717, 1.165) is 5.56 Å². The second-order valence-electron chi connectivity index (χ2n) is 5.34. The number of likely N-dealkylation sites (tertiary alicyclic amines) is 1. The molecule has 0 bridgehead atoms. The molecule has 0 aromatic heterocycles. The molecule has 1 fully saturated rings. The van der Waals surface area contributed by atoms with Gasteiger partial charge < -0.3 is 10.0 Å². The van der Waals surface area contributed by atoms with E-state index in [2.05, 4.69) is 5.92 Å². The van der Waals surface area contributed by atoms with Gasteiger partial charge in [0.25, 0.3) is 0 Å². The number of carbonyl (C=O) groups is 2. The SMILES string of the molecule is C#CCCC(=O)N1CCC(C(=O)O)(c2ccccc2)CC1. The van der Waals surface area contributed by atoms with E-state index in [4.69, 9.17) is 6.42 Å². The minimum absolute atomic E-state index is 0.0139. The molecule has 0 spiro atoms. The van der Waals surface area contributed by atoms with Crippen LogP contribution in [0, 0.1) is 12.3 Å². The summed E-state index contributed by atoms with van der Waals surface area (Å²) in [6.45, 7) is 0.926. The van der Waals surface area contributed by atoms with Crippen molar-refractivity contribution in [3.63, 3.8) is 0 Å². The fourth-order valence-corrected chi connectivity index (χ4v) is 2.86. The number of piperidine rings is 1. The number of carboxylic acid groups (broad SMARTS) is 1. The summed E-state index contributed by atoms with van der Waals surface area (Å²) in [6.07, 6.45) is 6.81. The Morgan fingerprint density at radius 3 is 2.38 bits per heavy atom. The molecule has 0 aliphatic carbocycles. The van der Waals surface area contributed by atoms with Gasteiger partial charge in [-0.05, 0) is 18.4 Å².